The van der Waals surface area contributed by atoms with Crippen LogP contribution in [0, 0.1) is 10.1 Å². The summed E-state index contributed by atoms with van der Waals surface area (Å²) in [7, 11) is 1.59. The molecule has 0 N–H and O–H groups in total. The van der Waals surface area contributed by atoms with Crippen LogP contribution in [0.4, 0.5) is 5.69 Å². The van der Waals surface area contributed by atoms with Gasteiger partial charge < -0.3 is 4.90 Å². The van der Waals surface area contributed by atoms with E-state index < -0.39 is 10.8 Å². The second-order valence-corrected chi connectivity index (χ2v) is 4.36. The lowest BCUT2D eigenvalue weighted by atomic mass is 10.1. The van der Waals surface area contributed by atoms with Crippen molar-refractivity contribution in [1.29, 1.82) is 0 Å². The standard InChI is InChI=1S/C11H13ClN2O3/c1-7(2)13(3)11(15)9-6-8(12)4-5-10(9)14(16)17/h4-7H,1-3H3. The van der Waals surface area contributed by atoms with Crippen LogP contribution in [0.25, 0.3) is 0 Å². The van der Waals surface area contributed by atoms with Crippen molar-refractivity contribution in [3.8, 4) is 0 Å². The van der Waals surface area contributed by atoms with E-state index in [0.717, 1.165) is 0 Å². The van der Waals surface area contributed by atoms with E-state index in [1.807, 2.05) is 13.8 Å². The molecule has 0 aliphatic heterocycles. The molecule has 0 aliphatic rings. The van der Waals surface area contributed by atoms with Crippen LogP contribution < -0.4 is 0 Å². The first-order valence-electron chi connectivity index (χ1n) is 5.05. The summed E-state index contributed by atoms with van der Waals surface area (Å²) in [6.07, 6.45) is 0. The molecule has 0 radical (unpaired) electrons. The predicted molar refractivity (Wildman–Crippen MR) is 65.3 cm³/mol. The van der Waals surface area contributed by atoms with Gasteiger partial charge in [0.15, 0.2) is 0 Å². The molecule has 0 unspecified atom stereocenters. The Morgan fingerprint density at radius 3 is 2.53 bits per heavy atom. The Kier molecular flexibility index (Phi) is 4.07. The van der Waals surface area contributed by atoms with Crippen LogP contribution in [-0.2, 0) is 0 Å². The quantitative estimate of drug-likeness (QED) is 0.617. The van der Waals surface area contributed by atoms with Crippen LogP contribution in [0.15, 0.2) is 18.2 Å². The lowest BCUT2D eigenvalue weighted by Gasteiger charge is -2.21. The Labute approximate surface area is 104 Å². The van der Waals surface area contributed by atoms with Gasteiger partial charge in [-0.2, -0.15) is 0 Å². The van der Waals surface area contributed by atoms with Crippen molar-refractivity contribution >= 4 is 23.2 Å². The smallest absolute Gasteiger partial charge is 0.282 e. The molecule has 0 aromatic heterocycles. The van der Waals surface area contributed by atoms with Gasteiger partial charge in [0.1, 0.15) is 5.56 Å². The second-order valence-electron chi connectivity index (χ2n) is 3.93. The maximum Gasteiger partial charge on any atom is 0.282 e. The minimum absolute atomic E-state index is 0.0127. The fourth-order valence-corrected chi connectivity index (χ4v) is 1.44. The molecule has 5 nitrogen and oxygen atoms in total. The van der Waals surface area contributed by atoms with Crippen molar-refractivity contribution in [2.45, 2.75) is 19.9 Å². The van der Waals surface area contributed by atoms with E-state index >= 15 is 0 Å². The molecule has 0 spiro atoms. The summed E-state index contributed by atoms with van der Waals surface area (Å²) < 4.78 is 0. The first kappa shape index (κ1) is 13.4. The number of carbonyl (C=O) groups excluding carboxylic acids is 1. The molecule has 6 heteroatoms. The number of rotatable bonds is 3. The van der Waals surface area contributed by atoms with Gasteiger partial charge in [-0.05, 0) is 26.0 Å². The number of hydrogen-bond acceptors (Lipinski definition) is 3. The Morgan fingerprint density at radius 2 is 2.06 bits per heavy atom. The Morgan fingerprint density at radius 1 is 1.47 bits per heavy atom. The molecule has 1 aromatic carbocycles. The summed E-state index contributed by atoms with van der Waals surface area (Å²) in [5.74, 6) is -0.408. The first-order valence-corrected chi connectivity index (χ1v) is 5.43. The number of amides is 1. The summed E-state index contributed by atoms with van der Waals surface area (Å²) in [5, 5.41) is 11.1. The molecule has 0 saturated carbocycles. The largest absolute Gasteiger partial charge is 0.339 e. The number of nitro benzene ring substituents is 1. The Hall–Kier alpha value is -1.62. The molecule has 17 heavy (non-hydrogen) atoms. The molecule has 0 aliphatic carbocycles. The third-order valence-corrected chi connectivity index (χ3v) is 2.72. The molecule has 0 atom stereocenters. The van der Waals surface area contributed by atoms with Crippen LogP contribution in [0.3, 0.4) is 0 Å². The molecular formula is C11H13ClN2O3. The highest BCUT2D eigenvalue weighted by Crippen LogP contribution is 2.24. The third-order valence-electron chi connectivity index (χ3n) is 2.48. The fourth-order valence-electron chi connectivity index (χ4n) is 1.26. The normalized spacial score (nSPS) is 10.4. The number of benzene rings is 1. The average molecular weight is 257 g/mol. The third kappa shape index (κ3) is 2.94. The van der Waals surface area contributed by atoms with Gasteiger partial charge in [0, 0.05) is 24.2 Å². The maximum atomic E-state index is 12.0. The topological polar surface area (TPSA) is 63.5 Å². The van der Waals surface area contributed by atoms with Crippen LogP contribution >= 0.6 is 11.6 Å². The molecule has 0 fully saturated rings. The molecular weight excluding hydrogens is 244 g/mol. The van der Waals surface area contributed by atoms with E-state index in [9.17, 15) is 14.9 Å². The number of hydrogen-bond donors (Lipinski definition) is 0. The van der Waals surface area contributed by atoms with E-state index in [4.69, 9.17) is 11.6 Å². The molecule has 0 heterocycles. The maximum absolute atomic E-state index is 12.0. The predicted octanol–water partition coefficient (Wildman–Crippen LogP) is 2.73. The number of nitro groups is 1. The van der Waals surface area contributed by atoms with Gasteiger partial charge in [0.25, 0.3) is 11.6 Å². The van der Waals surface area contributed by atoms with Gasteiger partial charge in [-0.15, -0.1) is 0 Å². The molecule has 0 bridgehead atoms. The van der Waals surface area contributed by atoms with Crippen molar-refractivity contribution in [3.05, 3.63) is 38.9 Å². The molecule has 1 amide bonds. The van der Waals surface area contributed by atoms with Crippen molar-refractivity contribution in [2.75, 3.05) is 7.05 Å². The Balaban J connectivity index is 3.24. The van der Waals surface area contributed by atoms with Crippen molar-refractivity contribution in [1.82, 2.24) is 4.90 Å². The summed E-state index contributed by atoms with van der Waals surface area (Å²) >= 11 is 5.76. The minimum Gasteiger partial charge on any atom is -0.339 e. The van der Waals surface area contributed by atoms with Crippen LogP contribution in [0.2, 0.25) is 5.02 Å². The summed E-state index contributed by atoms with van der Waals surface area (Å²) in [6.45, 7) is 3.66. The van der Waals surface area contributed by atoms with E-state index in [0.29, 0.717) is 5.02 Å². The van der Waals surface area contributed by atoms with E-state index in [-0.39, 0.29) is 17.3 Å². The first-order chi connectivity index (χ1) is 7.84. The molecule has 1 aromatic rings. The summed E-state index contributed by atoms with van der Waals surface area (Å²) in [5.41, 5.74) is -0.217. The zero-order chi connectivity index (χ0) is 13.2. The SMILES string of the molecule is CC(C)N(C)C(=O)c1cc(Cl)ccc1[N+](=O)[O-]. The lowest BCUT2D eigenvalue weighted by molar-refractivity contribution is -0.385. The van der Waals surface area contributed by atoms with Crippen molar-refractivity contribution < 1.29 is 9.72 Å². The van der Waals surface area contributed by atoms with Crippen molar-refractivity contribution in [2.24, 2.45) is 0 Å². The van der Waals surface area contributed by atoms with E-state index in [2.05, 4.69) is 0 Å². The summed E-state index contributed by atoms with van der Waals surface area (Å²) in [4.78, 5) is 23.7. The monoisotopic (exact) mass is 256 g/mol. The Bertz CT molecular complexity index is 460. The van der Waals surface area contributed by atoms with Gasteiger partial charge in [0.2, 0.25) is 0 Å². The molecule has 0 saturated heterocycles. The van der Waals surface area contributed by atoms with Gasteiger partial charge in [-0.25, -0.2) is 0 Å². The molecule has 1 rings (SSSR count). The van der Waals surface area contributed by atoms with Gasteiger partial charge in [0.05, 0.1) is 4.92 Å². The highest BCUT2D eigenvalue weighted by molar-refractivity contribution is 6.31. The number of halogens is 1. The molecule has 92 valence electrons. The zero-order valence-electron chi connectivity index (χ0n) is 9.81. The zero-order valence-corrected chi connectivity index (χ0v) is 10.6. The summed E-state index contributed by atoms with van der Waals surface area (Å²) in [6, 6.07) is 3.91. The fraction of sp³-hybridized carbons (Fsp3) is 0.364. The highest BCUT2D eigenvalue weighted by Gasteiger charge is 2.24. The average Bonchev–Trinajstić information content (AvgIpc) is 2.26. The van der Waals surface area contributed by atoms with Crippen LogP contribution in [-0.4, -0.2) is 28.8 Å². The van der Waals surface area contributed by atoms with Crippen LogP contribution in [0.1, 0.15) is 24.2 Å². The lowest BCUT2D eigenvalue weighted by Crippen LogP contribution is -2.33. The van der Waals surface area contributed by atoms with Crippen molar-refractivity contribution in [3.63, 3.8) is 0 Å². The van der Waals surface area contributed by atoms with E-state index in [1.165, 1.54) is 23.1 Å². The minimum atomic E-state index is -0.586. The van der Waals surface area contributed by atoms with Gasteiger partial charge in [-0.1, -0.05) is 11.6 Å². The number of nitrogens with zero attached hydrogens (tertiary/aromatic N) is 2. The number of carbonyl (C=O) groups is 1. The van der Waals surface area contributed by atoms with Crippen LogP contribution in [0.5, 0.6) is 0 Å². The van der Waals surface area contributed by atoms with E-state index in [1.54, 1.807) is 7.05 Å². The van der Waals surface area contributed by atoms with Gasteiger partial charge >= 0.3 is 0 Å². The van der Waals surface area contributed by atoms with Gasteiger partial charge in [-0.3, -0.25) is 14.9 Å². The highest BCUT2D eigenvalue weighted by atomic mass is 35.5. The second kappa shape index (κ2) is 5.14.